The van der Waals surface area contributed by atoms with Gasteiger partial charge in [0.1, 0.15) is 5.65 Å². The van der Waals surface area contributed by atoms with Crippen molar-refractivity contribution in [3.05, 3.63) is 35.5 Å². The molecule has 1 N–H and O–H groups in total. The number of aromatic nitrogens is 3. The minimum atomic E-state index is -1.10. The lowest BCUT2D eigenvalue weighted by Gasteiger charge is -1.96. The van der Waals surface area contributed by atoms with Gasteiger partial charge < -0.3 is 9.52 Å². The molecule has 0 spiro atoms. The van der Waals surface area contributed by atoms with Gasteiger partial charge in [-0.3, -0.25) is 0 Å². The summed E-state index contributed by atoms with van der Waals surface area (Å²) in [5.74, 6) is 0.500. The van der Waals surface area contributed by atoms with Gasteiger partial charge in [-0.25, -0.2) is 19.3 Å². The number of fused-ring (bicyclic) bond motifs is 1. The first-order valence-electron chi connectivity index (χ1n) is 4.95. The molecule has 0 radical (unpaired) electrons. The van der Waals surface area contributed by atoms with Crippen molar-refractivity contribution in [3.8, 4) is 11.3 Å². The molecule has 0 saturated heterocycles. The Labute approximate surface area is 109 Å². The molecule has 3 heterocycles. The average molecular weight is 308 g/mol. The van der Waals surface area contributed by atoms with Gasteiger partial charge in [-0.15, -0.1) is 0 Å². The molecule has 0 aliphatic rings. The zero-order valence-corrected chi connectivity index (χ0v) is 10.5. The van der Waals surface area contributed by atoms with Gasteiger partial charge >= 0.3 is 6.09 Å². The van der Waals surface area contributed by atoms with Crippen molar-refractivity contribution in [2.75, 3.05) is 0 Å². The number of carbonyl (C=O) groups is 1. The van der Waals surface area contributed by atoms with Crippen LogP contribution in [-0.2, 0) is 0 Å². The van der Waals surface area contributed by atoms with Crippen LogP contribution in [0.15, 0.2) is 39.9 Å². The summed E-state index contributed by atoms with van der Waals surface area (Å²) in [5, 5.41) is 9.81. The second-order valence-electron chi connectivity index (χ2n) is 3.59. The first kappa shape index (κ1) is 11.0. The van der Waals surface area contributed by atoms with E-state index in [2.05, 4.69) is 25.9 Å². The fourth-order valence-electron chi connectivity index (χ4n) is 1.77. The highest BCUT2D eigenvalue weighted by Gasteiger charge is 2.17. The summed E-state index contributed by atoms with van der Waals surface area (Å²) in [7, 11) is 0. The molecule has 90 valence electrons. The predicted octanol–water partition coefficient (Wildman–Crippen LogP) is 2.98. The van der Waals surface area contributed by atoms with Crippen LogP contribution in [0.5, 0.6) is 0 Å². The van der Waals surface area contributed by atoms with Gasteiger partial charge in [0.15, 0.2) is 12.2 Å². The summed E-state index contributed by atoms with van der Waals surface area (Å²) < 4.78 is 7.02. The van der Waals surface area contributed by atoms with E-state index in [-0.39, 0.29) is 0 Å². The van der Waals surface area contributed by atoms with Crippen molar-refractivity contribution in [2.45, 2.75) is 0 Å². The Morgan fingerprint density at radius 3 is 2.94 bits per heavy atom. The third-order valence-corrected chi connectivity index (χ3v) is 2.95. The minimum absolute atomic E-state index is 0.358. The van der Waals surface area contributed by atoms with Crippen molar-refractivity contribution >= 4 is 33.1 Å². The quantitative estimate of drug-likeness (QED) is 0.747. The third-order valence-electron chi connectivity index (χ3n) is 2.51. The van der Waals surface area contributed by atoms with Crippen LogP contribution in [-0.4, -0.2) is 25.7 Å². The maximum atomic E-state index is 11.1. The number of pyridine rings is 1. The van der Waals surface area contributed by atoms with Crippen LogP contribution in [0.2, 0.25) is 0 Å². The Kier molecular flexibility index (Phi) is 2.41. The van der Waals surface area contributed by atoms with E-state index in [0.717, 1.165) is 9.04 Å². The van der Waals surface area contributed by atoms with Crippen molar-refractivity contribution in [1.82, 2.24) is 14.5 Å². The summed E-state index contributed by atoms with van der Waals surface area (Å²) >= 11 is 3.31. The lowest BCUT2D eigenvalue weighted by atomic mass is 10.2. The lowest BCUT2D eigenvalue weighted by Crippen LogP contribution is -2.06. The molecule has 0 atom stereocenters. The number of oxazole rings is 1. The molecule has 0 bridgehead atoms. The van der Waals surface area contributed by atoms with Gasteiger partial charge in [0.2, 0.25) is 0 Å². The number of rotatable bonds is 1. The van der Waals surface area contributed by atoms with Gasteiger partial charge in [-0.2, -0.15) is 0 Å². The van der Waals surface area contributed by atoms with Crippen LogP contribution in [0.1, 0.15) is 0 Å². The fraction of sp³-hybridized carbons (Fsp3) is 0. The van der Waals surface area contributed by atoms with E-state index in [1.54, 1.807) is 12.3 Å². The zero-order chi connectivity index (χ0) is 12.7. The van der Waals surface area contributed by atoms with Crippen LogP contribution in [0.25, 0.3) is 22.4 Å². The molecular formula is C11H6BrN3O3. The minimum Gasteiger partial charge on any atom is -0.464 e. The molecule has 0 fully saturated rings. The second kappa shape index (κ2) is 3.95. The highest BCUT2D eigenvalue weighted by Crippen LogP contribution is 2.30. The van der Waals surface area contributed by atoms with Crippen molar-refractivity contribution in [3.63, 3.8) is 0 Å². The van der Waals surface area contributed by atoms with E-state index < -0.39 is 6.09 Å². The van der Waals surface area contributed by atoms with Gasteiger partial charge in [0.05, 0.1) is 6.20 Å². The Morgan fingerprint density at radius 2 is 2.28 bits per heavy atom. The van der Waals surface area contributed by atoms with Crippen LogP contribution in [0.3, 0.4) is 0 Å². The highest BCUT2D eigenvalue weighted by atomic mass is 79.9. The van der Waals surface area contributed by atoms with Crippen LogP contribution < -0.4 is 0 Å². The zero-order valence-electron chi connectivity index (χ0n) is 8.87. The van der Waals surface area contributed by atoms with E-state index in [9.17, 15) is 4.79 Å². The summed E-state index contributed by atoms with van der Waals surface area (Å²) in [4.78, 5) is 19.1. The second-order valence-corrected chi connectivity index (χ2v) is 4.50. The van der Waals surface area contributed by atoms with Crippen LogP contribution in [0, 0.1) is 0 Å². The normalized spacial score (nSPS) is 10.9. The molecule has 0 saturated carbocycles. The Morgan fingerprint density at radius 1 is 1.44 bits per heavy atom. The van der Waals surface area contributed by atoms with E-state index >= 15 is 0 Å². The van der Waals surface area contributed by atoms with Crippen LogP contribution in [0.4, 0.5) is 4.79 Å². The van der Waals surface area contributed by atoms with E-state index in [1.165, 1.54) is 18.8 Å². The summed E-state index contributed by atoms with van der Waals surface area (Å²) in [6, 6.07) is 1.79. The summed E-state index contributed by atoms with van der Waals surface area (Å²) in [5.41, 5.74) is 0.996. The standard InChI is InChI=1S/C11H6BrN3O3/c12-6-1-7-8(9-3-13-5-18-9)4-15(11(16)17)10(7)14-2-6/h1-5H,(H,16,17). The molecule has 7 heteroatoms. The Balaban J connectivity index is 2.38. The van der Waals surface area contributed by atoms with E-state index in [4.69, 9.17) is 9.52 Å². The number of carboxylic acid groups (broad SMARTS) is 1. The molecule has 3 rings (SSSR count). The first-order chi connectivity index (χ1) is 8.66. The third kappa shape index (κ3) is 1.60. The maximum absolute atomic E-state index is 11.1. The van der Waals surface area contributed by atoms with Crippen molar-refractivity contribution in [1.29, 1.82) is 0 Å². The SMILES string of the molecule is O=C(O)n1cc(-c2cnco2)c2cc(Br)cnc21. The largest absolute Gasteiger partial charge is 0.464 e. The molecule has 18 heavy (non-hydrogen) atoms. The number of hydrogen-bond donors (Lipinski definition) is 1. The van der Waals surface area contributed by atoms with Gasteiger partial charge in [0.25, 0.3) is 0 Å². The van der Waals surface area contributed by atoms with Crippen LogP contribution >= 0.6 is 15.9 Å². The molecule has 0 unspecified atom stereocenters. The predicted molar refractivity (Wildman–Crippen MR) is 66.4 cm³/mol. The topological polar surface area (TPSA) is 81.1 Å². The molecule has 0 amide bonds. The lowest BCUT2D eigenvalue weighted by molar-refractivity contribution is 0.197. The summed E-state index contributed by atoms with van der Waals surface area (Å²) in [6.07, 6.45) is 4.74. The fourth-order valence-corrected chi connectivity index (χ4v) is 2.10. The molecule has 3 aromatic heterocycles. The number of hydrogen-bond acceptors (Lipinski definition) is 4. The van der Waals surface area contributed by atoms with Gasteiger partial charge in [0, 0.05) is 27.8 Å². The monoisotopic (exact) mass is 307 g/mol. The molecule has 0 aliphatic heterocycles. The van der Waals surface area contributed by atoms with Gasteiger partial charge in [-0.05, 0) is 22.0 Å². The Bertz CT molecular complexity index is 733. The maximum Gasteiger partial charge on any atom is 0.417 e. The number of halogens is 1. The Hall–Kier alpha value is -2.15. The van der Waals surface area contributed by atoms with Crippen molar-refractivity contribution < 1.29 is 14.3 Å². The molecule has 6 nitrogen and oxygen atoms in total. The molecular weight excluding hydrogens is 302 g/mol. The average Bonchev–Trinajstić information content (AvgIpc) is 2.93. The van der Waals surface area contributed by atoms with E-state index in [1.807, 2.05) is 0 Å². The molecule has 3 aromatic rings. The smallest absolute Gasteiger partial charge is 0.417 e. The molecule has 0 aromatic carbocycles. The van der Waals surface area contributed by atoms with Crippen molar-refractivity contribution in [2.24, 2.45) is 0 Å². The number of nitrogens with zero attached hydrogens (tertiary/aromatic N) is 3. The van der Waals surface area contributed by atoms with Gasteiger partial charge in [-0.1, -0.05) is 0 Å². The molecule has 0 aliphatic carbocycles. The van der Waals surface area contributed by atoms with E-state index in [0.29, 0.717) is 22.4 Å². The highest BCUT2D eigenvalue weighted by molar-refractivity contribution is 9.10. The summed E-state index contributed by atoms with van der Waals surface area (Å²) in [6.45, 7) is 0. The first-order valence-corrected chi connectivity index (χ1v) is 5.75.